The third-order valence-corrected chi connectivity index (χ3v) is 5.82. The molecule has 2 aromatic rings. The zero-order chi connectivity index (χ0) is 23.9. The van der Waals surface area contributed by atoms with Gasteiger partial charge in [-0.05, 0) is 39.2 Å². The summed E-state index contributed by atoms with van der Waals surface area (Å²) in [7, 11) is 5.45. The van der Waals surface area contributed by atoms with Gasteiger partial charge in [0, 0.05) is 37.3 Å². The van der Waals surface area contributed by atoms with Crippen LogP contribution in [-0.4, -0.2) is 76.4 Å². The molecule has 3 amide bonds. The summed E-state index contributed by atoms with van der Waals surface area (Å²) in [4.78, 5) is 35.5. The fraction of sp³-hybridized carbons (Fsp3) is 0.455. The number of likely N-dealkylation sites (N-methyl/N-ethyl adjacent to an activating group) is 1. The summed E-state index contributed by atoms with van der Waals surface area (Å²) in [6.45, 7) is 3.14. The van der Waals surface area contributed by atoms with Gasteiger partial charge in [0.05, 0.1) is 24.3 Å². The molecule has 1 aromatic heterocycles. The molecule has 0 saturated heterocycles. The van der Waals surface area contributed by atoms with Crippen molar-refractivity contribution in [2.75, 3.05) is 33.0 Å². The lowest BCUT2D eigenvalue weighted by Crippen LogP contribution is -2.45. The van der Waals surface area contributed by atoms with Crippen molar-refractivity contribution in [3.05, 3.63) is 46.5 Å². The molecule has 0 fully saturated rings. The molecule has 2 aliphatic rings. The molecule has 11 heteroatoms. The lowest BCUT2D eigenvalue weighted by atomic mass is 9.99. The Morgan fingerprint density at radius 2 is 2.18 bits per heavy atom. The maximum atomic E-state index is 13.6. The fourth-order valence-electron chi connectivity index (χ4n) is 4.27. The normalized spacial score (nSPS) is 20.2. The summed E-state index contributed by atoms with van der Waals surface area (Å²) < 4.78 is 15.3. The molecule has 0 spiro atoms. The van der Waals surface area contributed by atoms with Crippen LogP contribution in [0.4, 0.5) is 14.9 Å². The highest BCUT2D eigenvalue weighted by Gasteiger charge is 2.37. The number of carbonyl (C=O) groups is 2. The number of urea groups is 1. The number of nitrogens with one attached hydrogen (secondary N) is 1. The van der Waals surface area contributed by atoms with Crippen molar-refractivity contribution in [1.29, 1.82) is 5.26 Å². The van der Waals surface area contributed by atoms with Crippen LogP contribution in [-0.2, 0) is 24.3 Å². The molecule has 0 aliphatic carbocycles. The van der Waals surface area contributed by atoms with Crippen molar-refractivity contribution in [3.63, 3.8) is 0 Å². The monoisotopic (exact) mass is 455 g/mol. The van der Waals surface area contributed by atoms with Gasteiger partial charge in [-0.3, -0.25) is 14.3 Å². The molecule has 2 aliphatic heterocycles. The molecule has 10 nitrogen and oxygen atoms in total. The Morgan fingerprint density at radius 1 is 1.42 bits per heavy atom. The summed E-state index contributed by atoms with van der Waals surface area (Å²) >= 11 is 0. The average molecular weight is 455 g/mol. The largest absolute Gasteiger partial charge is 0.322 e. The second-order valence-electron chi connectivity index (χ2n) is 8.67. The molecular weight excluding hydrogens is 429 g/mol. The van der Waals surface area contributed by atoms with Gasteiger partial charge in [-0.2, -0.15) is 10.4 Å². The van der Waals surface area contributed by atoms with Gasteiger partial charge in [-0.15, -0.1) is 0 Å². The average Bonchev–Trinajstić information content (AvgIpc) is 3.04. The number of aromatic nitrogens is 2. The molecule has 1 aromatic carbocycles. The first-order valence-corrected chi connectivity index (χ1v) is 10.6. The van der Waals surface area contributed by atoms with Gasteiger partial charge < -0.3 is 15.1 Å². The van der Waals surface area contributed by atoms with E-state index in [1.165, 1.54) is 17.2 Å². The second kappa shape index (κ2) is 8.80. The molecule has 174 valence electrons. The molecule has 33 heavy (non-hydrogen) atoms. The van der Waals surface area contributed by atoms with E-state index in [0.717, 1.165) is 11.8 Å². The predicted molar refractivity (Wildman–Crippen MR) is 117 cm³/mol. The van der Waals surface area contributed by atoms with E-state index >= 15 is 0 Å². The van der Waals surface area contributed by atoms with Crippen LogP contribution in [0.5, 0.6) is 0 Å². The summed E-state index contributed by atoms with van der Waals surface area (Å²) in [6, 6.07) is 5.02. The summed E-state index contributed by atoms with van der Waals surface area (Å²) in [6.07, 6.45) is 0.243. The maximum Gasteiger partial charge on any atom is 0.322 e. The number of benzene rings is 1. The lowest BCUT2D eigenvalue weighted by molar-refractivity contribution is -0.152. The van der Waals surface area contributed by atoms with E-state index in [0.29, 0.717) is 36.5 Å². The van der Waals surface area contributed by atoms with Crippen LogP contribution in [0.15, 0.2) is 18.2 Å². The topological polar surface area (TPSA) is 107 Å². The maximum absolute atomic E-state index is 13.6. The van der Waals surface area contributed by atoms with E-state index in [1.54, 1.807) is 22.7 Å². The van der Waals surface area contributed by atoms with Crippen molar-refractivity contribution in [1.82, 2.24) is 24.6 Å². The zero-order valence-electron chi connectivity index (χ0n) is 19.0. The van der Waals surface area contributed by atoms with Gasteiger partial charge >= 0.3 is 6.03 Å². The number of hydrogen-bond acceptors (Lipinski definition) is 6. The number of anilines is 1. The van der Waals surface area contributed by atoms with E-state index in [9.17, 15) is 14.0 Å². The molecule has 4 rings (SSSR count). The minimum atomic E-state index is -0.647. The number of fused-ring (bicyclic) bond motifs is 3. The van der Waals surface area contributed by atoms with Crippen LogP contribution in [0, 0.1) is 17.1 Å². The van der Waals surface area contributed by atoms with Crippen LogP contribution in [0.25, 0.3) is 0 Å². The molecule has 1 N–H and O–H groups in total. The van der Waals surface area contributed by atoms with Crippen LogP contribution in [0.3, 0.4) is 0 Å². The van der Waals surface area contributed by atoms with E-state index in [1.807, 2.05) is 25.9 Å². The Kier molecular flexibility index (Phi) is 6.05. The minimum Gasteiger partial charge on any atom is -0.317 e. The van der Waals surface area contributed by atoms with Crippen molar-refractivity contribution < 1.29 is 18.8 Å². The summed E-state index contributed by atoms with van der Waals surface area (Å²) in [5.74, 6) is -0.955. The number of nitrogens with zero attached hydrogens (tertiary/aromatic N) is 6. The lowest BCUT2D eigenvalue weighted by Gasteiger charge is -2.33. The molecule has 0 bridgehead atoms. The van der Waals surface area contributed by atoms with Gasteiger partial charge in [0.15, 0.2) is 0 Å². The number of carbonyl (C=O) groups excluding carboxylic acids is 2. The molecule has 3 heterocycles. The Bertz CT molecular complexity index is 1140. The van der Waals surface area contributed by atoms with Gasteiger partial charge in [-0.1, -0.05) is 0 Å². The number of rotatable bonds is 3. The quantitative estimate of drug-likeness (QED) is 0.757. The molecular formula is C22H26FN7O3. The second-order valence-corrected chi connectivity index (χ2v) is 8.67. The smallest absolute Gasteiger partial charge is 0.317 e. The van der Waals surface area contributed by atoms with Crippen LogP contribution in [0.1, 0.15) is 34.2 Å². The Morgan fingerprint density at radius 3 is 2.88 bits per heavy atom. The number of hydrogen-bond donors (Lipinski definition) is 1. The van der Waals surface area contributed by atoms with Crippen LogP contribution >= 0.6 is 0 Å². The van der Waals surface area contributed by atoms with Crippen molar-refractivity contribution in [2.45, 2.75) is 38.6 Å². The van der Waals surface area contributed by atoms with E-state index in [-0.39, 0.29) is 30.2 Å². The predicted octanol–water partition coefficient (Wildman–Crippen LogP) is 1.82. The van der Waals surface area contributed by atoms with E-state index in [4.69, 9.17) is 10.1 Å². The molecule has 0 radical (unpaired) electrons. The third-order valence-electron chi connectivity index (χ3n) is 5.82. The van der Waals surface area contributed by atoms with E-state index in [2.05, 4.69) is 10.4 Å². The fourth-order valence-corrected chi connectivity index (χ4v) is 4.27. The van der Waals surface area contributed by atoms with Gasteiger partial charge in [0.2, 0.25) is 0 Å². The number of hydroxylamine groups is 2. The number of nitriles is 1. The van der Waals surface area contributed by atoms with Gasteiger partial charge in [0.1, 0.15) is 23.7 Å². The Labute approximate surface area is 191 Å². The van der Waals surface area contributed by atoms with Crippen LogP contribution in [0.2, 0.25) is 0 Å². The standard InChI is InChI=1S/C22H26FN7O3/c1-13-7-19-17(12-29(13)22(32)25-15-5-6-18(23)14(8-15)9-24)20-21(31)28(4)33-16(10-27(2)3)11-30(20)26-19/h5-6,8,13,16H,7,10-12H2,1-4H3,(H,25,32). The molecule has 2 unspecified atom stereocenters. The van der Waals surface area contributed by atoms with Crippen molar-refractivity contribution in [2.24, 2.45) is 0 Å². The Hall–Kier alpha value is -3.49. The van der Waals surface area contributed by atoms with E-state index < -0.39 is 11.8 Å². The summed E-state index contributed by atoms with van der Waals surface area (Å²) in [5.41, 5.74) is 2.09. The van der Waals surface area contributed by atoms with Gasteiger partial charge in [-0.25, -0.2) is 14.2 Å². The minimum absolute atomic E-state index is 0.148. The molecule has 2 atom stereocenters. The number of amides is 3. The first-order chi connectivity index (χ1) is 15.7. The highest BCUT2D eigenvalue weighted by atomic mass is 19.1. The zero-order valence-corrected chi connectivity index (χ0v) is 19.0. The highest BCUT2D eigenvalue weighted by Crippen LogP contribution is 2.29. The first-order valence-electron chi connectivity index (χ1n) is 10.6. The highest BCUT2D eigenvalue weighted by molar-refractivity contribution is 5.94. The summed E-state index contributed by atoms with van der Waals surface area (Å²) in [5, 5.41) is 17.7. The SMILES string of the molecule is CC1Cc2nn3c(c2CN1C(=O)Nc1ccc(F)c(C#N)c1)C(=O)N(C)OC(CN(C)C)C3. The van der Waals surface area contributed by atoms with Gasteiger partial charge in [0.25, 0.3) is 5.91 Å². The Balaban J connectivity index is 1.60. The number of halogens is 1. The first kappa shape index (κ1) is 22.7. The van der Waals surface area contributed by atoms with Crippen LogP contribution < -0.4 is 5.32 Å². The third kappa shape index (κ3) is 4.40. The van der Waals surface area contributed by atoms with Crippen molar-refractivity contribution in [3.8, 4) is 6.07 Å². The van der Waals surface area contributed by atoms with Crippen molar-refractivity contribution >= 4 is 17.6 Å². The molecule has 0 saturated carbocycles.